The van der Waals surface area contributed by atoms with Gasteiger partial charge in [0.15, 0.2) is 5.82 Å². The molecule has 2 atom stereocenters. The van der Waals surface area contributed by atoms with Crippen LogP contribution in [-0.2, 0) is 22.4 Å². The van der Waals surface area contributed by atoms with E-state index in [1.54, 1.807) is 0 Å². The Kier molecular flexibility index (Phi) is 7.46. The van der Waals surface area contributed by atoms with E-state index in [1.807, 2.05) is 31.2 Å². The van der Waals surface area contributed by atoms with Gasteiger partial charge in [-0.15, -0.1) is 0 Å². The molecule has 2 aromatic rings. The second kappa shape index (κ2) is 10.9. The molecule has 2 amide bonds. The van der Waals surface area contributed by atoms with Crippen molar-refractivity contribution in [2.45, 2.75) is 51.7 Å². The highest BCUT2D eigenvalue weighted by atomic mass is 16.5. The van der Waals surface area contributed by atoms with Gasteiger partial charge in [0.05, 0.1) is 31.6 Å². The van der Waals surface area contributed by atoms with Crippen molar-refractivity contribution in [2.75, 3.05) is 56.3 Å². The summed E-state index contributed by atoms with van der Waals surface area (Å²) < 4.78 is 11.5. The van der Waals surface area contributed by atoms with Crippen LogP contribution < -0.4 is 15.5 Å². The zero-order chi connectivity index (χ0) is 24.2. The molecule has 0 saturated carbocycles. The minimum absolute atomic E-state index is 0.208. The SMILES string of the molecule is CCNC(=O)Nc1ccc(-c2nc3c(c(N4CCOC[C@@H]4C)n2)CCN([C@@H]2CCCOC2)C3)cc1. The molecule has 1 aromatic carbocycles. The molecule has 0 spiro atoms. The minimum Gasteiger partial charge on any atom is -0.380 e. The zero-order valence-electron chi connectivity index (χ0n) is 20.8. The molecule has 1 aromatic heterocycles. The van der Waals surface area contributed by atoms with Gasteiger partial charge in [0, 0.05) is 55.6 Å². The number of rotatable bonds is 5. The average Bonchev–Trinajstić information content (AvgIpc) is 2.89. The molecule has 9 heteroatoms. The van der Waals surface area contributed by atoms with Gasteiger partial charge in [-0.05, 0) is 57.4 Å². The van der Waals surface area contributed by atoms with E-state index in [4.69, 9.17) is 19.4 Å². The van der Waals surface area contributed by atoms with Gasteiger partial charge in [-0.25, -0.2) is 14.8 Å². The van der Waals surface area contributed by atoms with E-state index in [2.05, 4.69) is 27.4 Å². The number of hydrogen-bond donors (Lipinski definition) is 2. The second-order valence-electron chi connectivity index (χ2n) is 9.57. The van der Waals surface area contributed by atoms with Crippen LogP contribution in [0.5, 0.6) is 0 Å². The number of morpholine rings is 1. The van der Waals surface area contributed by atoms with Gasteiger partial charge in [-0.3, -0.25) is 4.90 Å². The second-order valence-corrected chi connectivity index (χ2v) is 9.57. The van der Waals surface area contributed by atoms with Crippen LogP contribution in [0.25, 0.3) is 11.4 Å². The number of nitrogens with zero attached hydrogens (tertiary/aromatic N) is 4. The monoisotopic (exact) mass is 480 g/mol. The Bertz CT molecular complexity index is 1020. The van der Waals surface area contributed by atoms with E-state index < -0.39 is 0 Å². The number of carbonyl (C=O) groups is 1. The van der Waals surface area contributed by atoms with E-state index in [9.17, 15) is 4.79 Å². The minimum atomic E-state index is -0.208. The Morgan fingerprint density at radius 2 is 1.94 bits per heavy atom. The summed E-state index contributed by atoms with van der Waals surface area (Å²) in [6.07, 6.45) is 3.25. The zero-order valence-corrected chi connectivity index (χ0v) is 20.8. The van der Waals surface area contributed by atoms with Crippen LogP contribution in [0.1, 0.15) is 37.9 Å². The highest BCUT2D eigenvalue weighted by Gasteiger charge is 2.31. The molecule has 9 nitrogen and oxygen atoms in total. The summed E-state index contributed by atoms with van der Waals surface area (Å²) in [6, 6.07) is 8.27. The fraction of sp³-hybridized carbons (Fsp3) is 0.577. The largest absolute Gasteiger partial charge is 0.380 e. The summed E-state index contributed by atoms with van der Waals surface area (Å²) in [4.78, 5) is 27.0. The third kappa shape index (κ3) is 5.42. The Balaban J connectivity index is 1.46. The predicted octanol–water partition coefficient (Wildman–Crippen LogP) is 3.05. The molecule has 188 valence electrons. The highest BCUT2D eigenvalue weighted by molar-refractivity contribution is 5.89. The quantitative estimate of drug-likeness (QED) is 0.680. The first-order valence-corrected chi connectivity index (χ1v) is 12.8. The molecule has 3 aliphatic rings. The van der Waals surface area contributed by atoms with Crippen LogP contribution in [0.15, 0.2) is 24.3 Å². The lowest BCUT2D eigenvalue weighted by atomic mass is 9.99. The van der Waals surface area contributed by atoms with Gasteiger partial charge < -0.3 is 25.0 Å². The van der Waals surface area contributed by atoms with E-state index >= 15 is 0 Å². The number of benzene rings is 1. The summed E-state index contributed by atoms with van der Waals surface area (Å²) in [7, 11) is 0. The molecule has 4 heterocycles. The van der Waals surface area contributed by atoms with Crippen molar-refractivity contribution >= 4 is 17.5 Å². The molecule has 5 rings (SSSR count). The van der Waals surface area contributed by atoms with E-state index in [0.29, 0.717) is 25.8 Å². The number of amides is 2. The maximum absolute atomic E-state index is 11.9. The van der Waals surface area contributed by atoms with Crippen molar-refractivity contribution in [3.8, 4) is 11.4 Å². The molecule has 2 N–H and O–H groups in total. The lowest BCUT2D eigenvalue weighted by Crippen LogP contribution is -2.47. The first-order valence-electron chi connectivity index (χ1n) is 12.8. The van der Waals surface area contributed by atoms with Crippen molar-refractivity contribution < 1.29 is 14.3 Å². The third-order valence-electron chi connectivity index (χ3n) is 7.10. The summed E-state index contributed by atoms with van der Waals surface area (Å²) in [5, 5.41) is 5.60. The maximum Gasteiger partial charge on any atom is 0.319 e. The van der Waals surface area contributed by atoms with Crippen LogP contribution in [-0.4, -0.2) is 79.0 Å². The normalized spacial score (nSPS) is 23.0. The molecule has 2 fully saturated rings. The van der Waals surface area contributed by atoms with Gasteiger partial charge in [0.2, 0.25) is 0 Å². The number of carbonyl (C=O) groups excluding carboxylic acids is 1. The summed E-state index contributed by atoms with van der Waals surface area (Å²) in [6.45, 7) is 10.4. The lowest BCUT2D eigenvalue weighted by Gasteiger charge is -2.40. The maximum atomic E-state index is 11.9. The number of aromatic nitrogens is 2. The van der Waals surface area contributed by atoms with E-state index in [-0.39, 0.29) is 12.1 Å². The Labute approximate surface area is 207 Å². The number of fused-ring (bicyclic) bond motifs is 1. The molecule has 3 aliphatic heterocycles. The van der Waals surface area contributed by atoms with Crippen molar-refractivity contribution in [2.24, 2.45) is 0 Å². The molecule has 2 saturated heterocycles. The molecular weight excluding hydrogens is 444 g/mol. The molecular formula is C26H36N6O3. The van der Waals surface area contributed by atoms with Gasteiger partial charge in [0.1, 0.15) is 5.82 Å². The number of anilines is 2. The Hall–Kier alpha value is -2.75. The number of nitrogens with one attached hydrogen (secondary N) is 2. The van der Waals surface area contributed by atoms with Crippen molar-refractivity contribution in [1.29, 1.82) is 0 Å². The summed E-state index contributed by atoms with van der Waals surface area (Å²) >= 11 is 0. The third-order valence-corrected chi connectivity index (χ3v) is 7.10. The highest BCUT2D eigenvalue weighted by Crippen LogP contribution is 2.33. The Morgan fingerprint density at radius 3 is 2.69 bits per heavy atom. The topological polar surface area (TPSA) is 91.9 Å². The van der Waals surface area contributed by atoms with Crippen LogP contribution in [0.4, 0.5) is 16.3 Å². The molecule has 0 aliphatic carbocycles. The number of hydrogen-bond acceptors (Lipinski definition) is 7. The van der Waals surface area contributed by atoms with Crippen LogP contribution in [0.2, 0.25) is 0 Å². The summed E-state index contributed by atoms with van der Waals surface area (Å²) in [5.74, 6) is 1.77. The first kappa shape index (κ1) is 24.0. The lowest BCUT2D eigenvalue weighted by molar-refractivity contribution is 0.0119. The predicted molar refractivity (Wildman–Crippen MR) is 136 cm³/mol. The molecule has 0 radical (unpaired) electrons. The standard InChI is InChI=1S/C26H36N6O3/c1-3-27-26(33)28-20-8-6-19(7-9-20)24-29-23-15-31(21-5-4-13-34-17-21)11-10-22(23)25(30-24)32-12-14-35-16-18(32)2/h6-9,18,21H,3-5,10-17H2,1-2H3,(H2,27,28,33)/t18-,21+/m0/s1. The van der Waals surface area contributed by atoms with Gasteiger partial charge in [0.25, 0.3) is 0 Å². The van der Waals surface area contributed by atoms with Crippen molar-refractivity contribution in [1.82, 2.24) is 20.2 Å². The van der Waals surface area contributed by atoms with E-state index in [0.717, 1.165) is 74.3 Å². The van der Waals surface area contributed by atoms with Crippen LogP contribution in [0, 0.1) is 0 Å². The molecule has 0 bridgehead atoms. The number of ether oxygens (including phenoxy) is 2. The fourth-order valence-electron chi connectivity index (χ4n) is 5.20. The van der Waals surface area contributed by atoms with Crippen LogP contribution in [0.3, 0.4) is 0 Å². The molecule has 0 unspecified atom stereocenters. The van der Waals surface area contributed by atoms with Crippen LogP contribution >= 0.6 is 0 Å². The summed E-state index contributed by atoms with van der Waals surface area (Å²) in [5.41, 5.74) is 4.06. The molecule has 35 heavy (non-hydrogen) atoms. The van der Waals surface area contributed by atoms with Crippen molar-refractivity contribution in [3.05, 3.63) is 35.5 Å². The van der Waals surface area contributed by atoms with E-state index in [1.165, 1.54) is 12.0 Å². The van der Waals surface area contributed by atoms with Gasteiger partial charge in [-0.2, -0.15) is 0 Å². The smallest absolute Gasteiger partial charge is 0.319 e. The Morgan fingerprint density at radius 1 is 1.11 bits per heavy atom. The fourth-order valence-corrected chi connectivity index (χ4v) is 5.20. The first-order chi connectivity index (χ1) is 17.1. The average molecular weight is 481 g/mol. The van der Waals surface area contributed by atoms with Gasteiger partial charge >= 0.3 is 6.03 Å². The number of urea groups is 1. The van der Waals surface area contributed by atoms with Crippen molar-refractivity contribution in [3.63, 3.8) is 0 Å². The van der Waals surface area contributed by atoms with Gasteiger partial charge in [-0.1, -0.05) is 0 Å².